The molecule has 0 N–H and O–H groups in total. The summed E-state index contributed by atoms with van der Waals surface area (Å²) >= 11 is 7.75. The van der Waals surface area contributed by atoms with Crippen LogP contribution in [0.1, 0.15) is 26.7 Å². The molecule has 0 saturated heterocycles. The van der Waals surface area contributed by atoms with Crippen molar-refractivity contribution in [2.24, 2.45) is 5.92 Å². The predicted octanol–water partition coefficient (Wildman–Crippen LogP) is 3.39. The van der Waals surface area contributed by atoms with Crippen molar-refractivity contribution in [1.82, 2.24) is 0 Å². The van der Waals surface area contributed by atoms with Crippen molar-refractivity contribution in [3.05, 3.63) is 0 Å². The maximum atomic E-state index is 5.74. The number of hydrogen-bond donors (Lipinski definition) is 0. The molecule has 0 aromatic rings. The third-order valence-electron chi connectivity index (χ3n) is 1.67. The summed E-state index contributed by atoms with van der Waals surface area (Å²) in [4.78, 5) is 0. The lowest BCUT2D eigenvalue weighted by Crippen LogP contribution is -2.01. The molecule has 0 heterocycles. The highest BCUT2D eigenvalue weighted by molar-refractivity contribution is 7.99. The van der Waals surface area contributed by atoms with E-state index >= 15 is 0 Å². The highest BCUT2D eigenvalue weighted by Gasteiger charge is 2.02. The van der Waals surface area contributed by atoms with Crippen LogP contribution < -0.4 is 0 Å². The minimum Gasteiger partial charge on any atom is -0.162 e. The van der Waals surface area contributed by atoms with Gasteiger partial charge in [-0.3, -0.25) is 0 Å². The zero-order chi connectivity index (χ0) is 7.82. The van der Waals surface area contributed by atoms with E-state index in [2.05, 4.69) is 13.8 Å². The Kier molecular flexibility index (Phi) is 8.24. The molecule has 0 amide bonds. The van der Waals surface area contributed by atoms with Gasteiger partial charge >= 0.3 is 0 Å². The smallest absolute Gasteiger partial charge is 0.0251 e. The number of rotatable bonds is 6. The normalized spacial score (nSPS) is 13.5. The van der Waals surface area contributed by atoms with Crippen molar-refractivity contribution in [3.63, 3.8) is 0 Å². The van der Waals surface area contributed by atoms with Crippen molar-refractivity contribution in [2.45, 2.75) is 26.7 Å². The van der Waals surface area contributed by atoms with Gasteiger partial charge in [-0.15, -0.1) is 11.6 Å². The van der Waals surface area contributed by atoms with E-state index in [0.717, 1.165) is 11.8 Å². The summed E-state index contributed by atoms with van der Waals surface area (Å²) in [7, 11) is 0. The molecule has 0 rings (SSSR count). The molecule has 1 atom stereocenters. The molecule has 0 aromatic carbocycles. The lowest BCUT2D eigenvalue weighted by Gasteiger charge is -2.08. The Hall–Kier alpha value is 0.640. The fraction of sp³-hybridized carbons (Fsp3) is 1.00. The van der Waals surface area contributed by atoms with E-state index in [0.29, 0.717) is 0 Å². The van der Waals surface area contributed by atoms with Gasteiger partial charge in [-0.1, -0.05) is 20.3 Å². The Balaban J connectivity index is 3.09. The average molecular weight is 181 g/mol. The molecule has 0 fully saturated rings. The Bertz CT molecular complexity index is 62.3. The van der Waals surface area contributed by atoms with Crippen LogP contribution in [0.4, 0.5) is 0 Å². The van der Waals surface area contributed by atoms with Gasteiger partial charge in [0.05, 0.1) is 0 Å². The minimum absolute atomic E-state index is 0.751. The predicted molar refractivity (Wildman–Crippen MR) is 52.1 cm³/mol. The summed E-state index contributed by atoms with van der Waals surface area (Å²) in [6.07, 6.45) is 2.52. The van der Waals surface area contributed by atoms with Crippen molar-refractivity contribution in [3.8, 4) is 0 Å². The zero-order valence-electron chi connectivity index (χ0n) is 6.90. The van der Waals surface area contributed by atoms with Gasteiger partial charge in [-0.05, 0) is 23.8 Å². The van der Waals surface area contributed by atoms with Gasteiger partial charge in [0, 0.05) is 5.88 Å². The summed E-state index contributed by atoms with van der Waals surface area (Å²) in [6.45, 7) is 4.41. The van der Waals surface area contributed by atoms with Gasteiger partial charge in [0.15, 0.2) is 0 Å². The quantitative estimate of drug-likeness (QED) is 0.446. The van der Waals surface area contributed by atoms with Crippen molar-refractivity contribution in [2.75, 3.05) is 17.4 Å². The van der Waals surface area contributed by atoms with Gasteiger partial charge in [0.1, 0.15) is 0 Å². The van der Waals surface area contributed by atoms with Gasteiger partial charge in [-0.25, -0.2) is 0 Å². The highest BCUT2D eigenvalue weighted by atomic mass is 35.5. The second-order valence-electron chi connectivity index (χ2n) is 2.41. The number of halogens is 1. The molecule has 0 aliphatic heterocycles. The molecule has 0 aliphatic rings. The molecule has 0 aliphatic carbocycles. The average Bonchev–Trinajstić information content (AvgIpc) is 1.99. The number of alkyl halides is 1. The summed E-state index contributed by atoms with van der Waals surface area (Å²) in [6, 6.07) is 0. The monoisotopic (exact) mass is 180 g/mol. The van der Waals surface area contributed by atoms with E-state index in [9.17, 15) is 0 Å². The van der Waals surface area contributed by atoms with Crippen molar-refractivity contribution in [1.29, 1.82) is 0 Å². The van der Waals surface area contributed by atoms with Gasteiger partial charge in [0.25, 0.3) is 0 Å². The molecule has 2 heteroatoms. The highest BCUT2D eigenvalue weighted by Crippen LogP contribution is 2.13. The van der Waals surface area contributed by atoms with Gasteiger partial charge in [0.2, 0.25) is 0 Å². The van der Waals surface area contributed by atoms with Crippen LogP contribution in [0, 0.1) is 5.92 Å². The molecule has 0 nitrogen and oxygen atoms in total. The topological polar surface area (TPSA) is 0 Å². The first-order valence-corrected chi connectivity index (χ1v) is 5.67. The Morgan fingerprint density at radius 1 is 1.40 bits per heavy atom. The van der Waals surface area contributed by atoms with Crippen LogP contribution in [-0.4, -0.2) is 17.4 Å². The minimum atomic E-state index is 0.751. The van der Waals surface area contributed by atoms with E-state index in [1.54, 1.807) is 0 Å². The van der Waals surface area contributed by atoms with Crippen LogP contribution in [0.3, 0.4) is 0 Å². The standard InChI is InChI=1S/C8H17ClS/c1-3-8(7-9)5-6-10-4-2/h8H,3-7H2,1-2H3. The van der Waals surface area contributed by atoms with E-state index in [1.165, 1.54) is 24.3 Å². The first kappa shape index (κ1) is 10.6. The van der Waals surface area contributed by atoms with Crippen LogP contribution in [-0.2, 0) is 0 Å². The molecule has 62 valence electrons. The molecule has 10 heavy (non-hydrogen) atoms. The number of hydrogen-bond acceptors (Lipinski definition) is 1. The molecule has 0 radical (unpaired) electrons. The molecule has 1 unspecified atom stereocenters. The molecular formula is C8H17ClS. The number of thioether (sulfide) groups is 1. The Labute approximate surface area is 73.7 Å². The molecule has 0 spiro atoms. The van der Waals surface area contributed by atoms with Crippen LogP contribution in [0.25, 0.3) is 0 Å². The maximum absolute atomic E-state index is 5.74. The first-order chi connectivity index (χ1) is 4.85. The SMILES string of the molecule is CCSCCC(CC)CCl. The lowest BCUT2D eigenvalue weighted by molar-refractivity contribution is 0.555. The summed E-state index contributed by atoms with van der Waals surface area (Å²) in [5, 5.41) is 0. The lowest BCUT2D eigenvalue weighted by atomic mass is 10.1. The molecule has 0 aromatic heterocycles. The van der Waals surface area contributed by atoms with Crippen molar-refractivity contribution >= 4 is 23.4 Å². The van der Waals surface area contributed by atoms with E-state index < -0.39 is 0 Å². The first-order valence-electron chi connectivity index (χ1n) is 3.98. The molecule has 0 saturated carbocycles. The van der Waals surface area contributed by atoms with E-state index in [1.807, 2.05) is 11.8 Å². The fourth-order valence-corrected chi connectivity index (χ4v) is 1.95. The molecule has 0 bridgehead atoms. The molecular weight excluding hydrogens is 164 g/mol. The van der Waals surface area contributed by atoms with Crippen LogP contribution in [0.2, 0.25) is 0 Å². The largest absolute Gasteiger partial charge is 0.162 e. The summed E-state index contributed by atoms with van der Waals surface area (Å²) < 4.78 is 0. The Morgan fingerprint density at radius 3 is 2.50 bits per heavy atom. The van der Waals surface area contributed by atoms with Crippen LogP contribution in [0.15, 0.2) is 0 Å². The van der Waals surface area contributed by atoms with Crippen molar-refractivity contribution < 1.29 is 0 Å². The fourth-order valence-electron chi connectivity index (χ4n) is 0.785. The van der Waals surface area contributed by atoms with Crippen LogP contribution >= 0.6 is 23.4 Å². The second-order valence-corrected chi connectivity index (χ2v) is 4.12. The maximum Gasteiger partial charge on any atom is 0.0251 e. The van der Waals surface area contributed by atoms with E-state index in [-0.39, 0.29) is 0 Å². The van der Waals surface area contributed by atoms with Gasteiger partial charge in [-0.2, -0.15) is 11.8 Å². The summed E-state index contributed by atoms with van der Waals surface area (Å²) in [5.74, 6) is 4.10. The summed E-state index contributed by atoms with van der Waals surface area (Å²) in [5.41, 5.74) is 0. The van der Waals surface area contributed by atoms with Gasteiger partial charge < -0.3 is 0 Å². The third-order valence-corrected chi connectivity index (χ3v) is 3.04. The zero-order valence-corrected chi connectivity index (χ0v) is 8.47. The third kappa shape index (κ3) is 5.43. The van der Waals surface area contributed by atoms with E-state index in [4.69, 9.17) is 11.6 Å². The van der Waals surface area contributed by atoms with Crippen LogP contribution in [0.5, 0.6) is 0 Å². The Morgan fingerprint density at radius 2 is 2.10 bits per heavy atom. The second kappa shape index (κ2) is 7.74.